The molecule has 0 bridgehead atoms. The van der Waals surface area contributed by atoms with Crippen LogP contribution in [0, 0.1) is 20.8 Å². The number of nitrogens with zero attached hydrogens (tertiary/aromatic N) is 2. The minimum Gasteiger partial charge on any atom is -0.356 e. The van der Waals surface area contributed by atoms with Crippen LogP contribution in [0.3, 0.4) is 0 Å². The number of hydrogen-bond acceptors (Lipinski definition) is 2. The van der Waals surface area contributed by atoms with Crippen LogP contribution in [0.2, 0.25) is 0 Å². The average molecular weight is 302 g/mol. The van der Waals surface area contributed by atoms with Gasteiger partial charge in [0, 0.05) is 24.5 Å². The molecule has 5 heteroatoms. The van der Waals surface area contributed by atoms with Crippen molar-refractivity contribution >= 4 is 23.0 Å². The molecule has 2 N–H and O–H groups in total. The Morgan fingerprint density at radius 3 is 2.52 bits per heavy atom. The fraction of sp³-hybridized carbons (Fsp3) is 0.375. The van der Waals surface area contributed by atoms with Crippen LogP contribution < -0.4 is 10.6 Å². The minimum absolute atomic E-state index is 0.116. The number of aromatic nitrogens is 2. The molecule has 4 nitrogen and oxygen atoms in total. The summed E-state index contributed by atoms with van der Waals surface area (Å²) in [5.41, 5.74) is 5.71. The van der Waals surface area contributed by atoms with Crippen molar-refractivity contribution in [3.05, 3.63) is 46.8 Å². The molecule has 1 atom stereocenters. The van der Waals surface area contributed by atoms with Crippen LogP contribution >= 0.6 is 12.2 Å². The van der Waals surface area contributed by atoms with Crippen molar-refractivity contribution < 1.29 is 0 Å². The van der Waals surface area contributed by atoms with Crippen molar-refractivity contribution in [1.29, 1.82) is 0 Å². The van der Waals surface area contributed by atoms with E-state index in [9.17, 15) is 0 Å². The van der Waals surface area contributed by atoms with Gasteiger partial charge in [0.2, 0.25) is 0 Å². The summed E-state index contributed by atoms with van der Waals surface area (Å²) in [4.78, 5) is 0. The van der Waals surface area contributed by atoms with Crippen LogP contribution in [0.25, 0.3) is 0 Å². The van der Waals surface area contributed by atoms with Crippen LogP contribution in [0.15, 0.2) is 24.4 Å². The summed E-state index contributed by atoms with van der Waals surface area (Å²) in [6, 6.07) is 6.35. The number of hydrogen-bond donors (Lipinski definition) is 2. The highest BCUT2D eigenvalue weighted by Gasteiger charge is 2.12. The van der Waals surface area contributed by atoms with Gasteiger partial charge in [0.1, 0.15) is 0 Å². The topological polar surface area (TPSA) is 41.9 Å². The van der Waals surface area contributed by atoms with E-state index in [0.29, 0.717) is 5.11 Å². The van der Waals surface area contributed by atoms with Gasteiger partial charge in [0.05, 0.1) is 11.7 Å². The summed E-state index contributed by atoms with van der Waals surface area (Å²) < 4.78 is 1.82. The second kappa shape index (κ2) is 6.26. The Hall–Kier alpha value is -1.88. The van der Waals surface area contributed by atoms with Crippen molar-refractivity contribution in [1.82, 2.24) is 15.1 Å². The Kier molecular flexibility index (Phi) is 4.63. The molecule has 0 spiro atoms. The summed E-state index contributed by atoms with van der Waals surface area (Å²) >= 11 is 5.39. The molecule has 1 aromatic heterocycles. The van der Waals surface area contributed by atoms with E-state index in [1.54, 1.807) is 0 Å². The molecule has 1 aromatic carbocycles. The maximum atomic E-state index is 5.39. The summed E-state index contributed by atoms with van der Waals surface area (Å²) in [5.74, 6) is 0. The fourth-order valence-electron chi connectivity index (χ4n) is 2.30. The zero-order valence-corrected chi connectivity index (χ0v) is 14.0. The summed E-state index contributed by atoms with van der Waals surface area (Å²) in [5, 5.41) is 11.5. The van der Waals surface area contributed by atoms with Gasteiger partial charge in [-0.25, -0.2) is 0 Å². The van der Waals surface area contributed by atoms with Gasteiger partial charge >= 0.3 is 0 Å². The van der Waals surface area contributed by atoms with E-state index in [4.69, 9.17) is 12.2 Å². The fourth-order valence-corrected chi connectivity index (χ4v) is 2.60. The highest BCUT2D eigenvalue weighted by Crippen LogP contribution is 2.17. The molecule has 0 fully saturated rings. The normalized spacial score (nSPS) is 12.0. The molecule has 2 rings (SSSR count). The van der Waals surface area contributed by atoms with Gasteiger partial charge in [-0.3, -0.25) is 4.68 Å². The number of nitrogens with one attached hydrogen (secondary N) is 2. The summed E-state index contributed by atoms with van der Waals surface area (Å²) in [6.45, 7) is 8.28. The third-order valence-electron chi connectivity index (χ3n) is 3.63. The van der Waals surface area contributed by atoms with E-state index in [1.165, 1.54) is 11.1 Å². The Morgan fingerprint density at radius 1 is 1.24 bits per heavy atom. The number of thiocarbonyl (C=S) groups is 1. The first-order chi connectivity index (χ1) is 9.86. The van der Waals surface area contributed by atoms with Crippen molar-refractivity contribution in [2.45, 2.75) is 33.7 Å². The van der Waals surface area contributed by atoms with Crippen molar-refractivity contribution in [3.63, 3.8) is 0 Å². The SMILES string of the molecule is Cc1ccc(NC(=S)NC(C)c2cn(C)nc2C)cc1C. The number of benzene rings is 1. The van der Waals surface area contributed by atoms with E-state index in [2.05, 4.69) is 48.6 Å². The number of rotatable bonds is 3. The lowest BCUT2D eigenvalue weighted by molar-refractivity contribution is 0.715. The standard InChI is InChI=1S/C16H22N4S/c1-10-6-7-14(8-11(10)2)18-16(21)17-12(3)15-9-20(5)19-13(15)4/h6-9,12H,1-5H3,(H2,17,18,21). The second-order valence-electron chi connectivity index (χ2n) is 5.46. The van der Waals surface area contributed by atoms with E-state index in [-0.39, 0.29) is 6.04 Å². The predicted molar refractivity (Wildman–Crippen MR) is 91.6 cm³/mol. The molecule has 1 unspecified atom stereocenters. The lowest BCUT2D eigenvalue weighted by Crippen LogP contribution is -2.31. The van der Waals surface area contributed by atoms with Crippen molar-refractivity contribution in [3.8, 4) is 0 Å². The molecule has 0 radical (unpaired) electrons. The van der Waals surface area contributed by atoms with Gasteiger partial charge in [-0.1, -0.05) is 6.07 Å². The van der Waals surface area contributed by atoms with Gasteiger partial charge in [-0.05, 0) is 63.2 Å². The Morgan fingerprint density at radius 2 is 1.95 bits per heavy atom. The van der Waals surface area contributed by atoms with Crippen LogP contribution in [0.5, 0.6) is 0 Å². The molecular formula is C16H22N4S. The van der Waals surface area contributed by atoms with Crippen LogP contribution in [-0.4, -0.2) is 14.9 Å². The number of aryl methyl sites for hydroxylation is 4. The van der Waals surface area contributed by atoms with Gasteiger partial charge in [-0.15, -0.1) is 0 Å². The molecule has 0 saturated carbocycles. The largest absolute Gasteiger partial charge is 0.356 e. The highest BCUT2D eigenvalue weighted by molar-refractivity contribution is 7.80. The Balaban J connectivity index is 2.01. The molecule has 0 aliphatic carbocycles. The van der Waals surface area contributed by atoms with Crippen molar-refractivity contribution in [2.75, 3.05) is 5.32 Å². The first kappa shape index (κ1) is 15.5. The Bertz CT molecular complexity index is 660. The minimum atomic E-state index is 0.116. The lowest BCUT2D eigenvalue weighted by Gasteiger charge is -2.17. The molecule has 0 aliphatic heterocycles. The monoisotopic (exact) mass is 302 g/mol. The molecule has 1 heterocycles. The molecular weight excluding hydrogens is 280 g/mol. The molecule has 2 aromatic rings. The maximum Gasteiger partial charge on any atom is 0.171 e. The van der Waals surface area contributed by atoms with E-state index < -0.39 is 0 Å². The molecule has 0 saturated heterocycles. The maximum absolute atomic E-state index is 5.39. The first-order valence-corrected chi connectivity index (χ1v) is 7.42. The predicted octanol–water partition coefficient (Wildman–Crippen LogP) is 3.39. The first-order valence-electron chi connectivity index (χ1n) is 7.01. The van der Waals surface area contributed by atoms with Gasteiger partial charge < -0.3 is 10.6 Å². The lowest BCUT2D eigenvalue weighted by atomic mass is 10.1. The smallest absolute Gasteiger partial charge is 0.171 e. The third-order valence-corrected chi connectivity index (χ3v) is 3.85. The molecule has 112 valence electrons. The van der Waals surface area contributed by atoms with Crippen LogP contribution in [0.4, 0.5) is 5.69 Å². The van der Waals surface area contributed by atoms with Gasteiger partial charge in [-0.2, -0.15) is 5.10 Å². The van der Waals surface area contributed by atoms with Crippen LogP contribution in [-0.2, 0) is 7.05 Å². The Labute approximate surface area is 131 Å². The highest BCUT2D eigenvalue weighted by atomic mass is 32.1. The molecule has 0 aliphatic rings. The average Bonchev–Trinajstić information content (AvgIpc) is 2.73. The van der Waals surface area contributed by atoms with Gasteiger partial charge in [0.15, 0.2) is 5.11 Å². The van der Waals surface area contributed by atoms with E-state index >= 15 is 0 Å². The van der Waals surface area contributed by atoms with Crippen molar-refractivity contribution in [2.24, 2.45) is 7.05 Å². The molecule has 0 amide bonds. The zero-order valence-electron chi connectivity index (χ0n) is 13.2. The van der Waals surface area contributed by atoms with E-state index in [1.807, 2.05) is 30.9 Å². The summed E-state index contributed by atoms with van der Waals surface area (Å²) in [6.07, 6.45) is 2.02. The van der Waals surface area contributed by atoms with Gasteiger partial charge in [0.25, 0.3) is 0 Å². The summed E-state index contributed by atoms with van der Waals surface area (Å²) in [7, 11) is 1.93. The van der Waals surface area contributed by atoms with E-state index in [0.717, 1.165) is 16.9 Å². The third kappa shape index (κ3) is 3.82. The zero-order chi connectivity index (χ0) is 15.6. The second-order valence-corrected chi connectivity index (χ2v) is 5.87. The number of anilines is 1. The molecule has 21 heavy (non-hydrogen) atoms. The quantitative estimate of drug-likeness (QED) is 0.853. The van der Waals surface area contributed by atoms with Crippen LogP contribution in [0.1, 0.15) is 35.3 Å².